The molecule has 0 aliphatic carbocycles. The molecule has 0 fully saturated rings. The van der Waals surface area contributed by atoms with Gasteiger partial charge in [0.05, 0.1) is 0 Å². The predicted octanol–water partition coefficient (Wildman–Crippen LogP) is 0.602. The Balaban J connectivity index is 2.49. The Labute approximate surface area is 92.4 Å². The first-order valence-corrected chi connectivity index (χ1v) is 4.70. The molecule has 2 aromatic rings. The highest BCUT2D eigenvalue weighted by Gasteiger charge is 2.12. The lowest BCUT2D eigenvalue weighted by Gasteiger charge is -2.03. The number of nitrogens with two attached hydrogens (primary N) is 1. The highest BCUT2D eigenvalue weighted by molar-refractivity contribution is 6.06. The van der Waals surface area contributed by atoms with Crippen molar-refractivity contribution in [1.29, 1.82) is 5.41 Å². The molecule has 0 saturated carbocycles. The van der Waals surface area contributed by atoms with Crippen molar-refractivity contribution < 1.29 is 4.79 Å². The van der Waals surface area contributed by atoms with Crippen molar-refractivity contribution in [2.24, 2.45) is 12.8 Å². The number of guanidine groups is 1. The summed E-state index contributed by atoms with van der Waals surface area (Å²) in [5, 5.41) is 10.2. The second-order valence-corrected chi connectivity index (χ2v) is 3.44. The zero-order valence-corrected chi connectivity index (χ0v) is 8.74. The molecule has 0 spiro atoms. The molecule has 1 aromatic carbocycles. The van der Waals surface area contributed by atoms with E-state index in [9.17, 15) is 4.79 Å². The molecule has 1 radical (unpaired) electrons. The largest absolute Gasteiger partial charge is 0.370 e. The SMILES string of the molecule is Cn1c(C(=O)NC(=N)N)cc2cc[c]cc21. The lowest BCUT2D eigenvalue weighted by atomic mass is 10.2. The Hall–Kier alpha value is -2.30. The van der Waals surface area contributed by atoms with E-state index in [1.54, 1.807) is 29.8 Å². The fraction of sp³-hybridized carbons (Fsp3) is 0.0909. The average molecular weight is 215 g/mol. The van der Waals surface area contributed by atoms with Crippen LogP contribution in [0.25, 0.3) is 10.9 Å². The molecule has 0 unspecified atom stereocenters. The van der Waals surface area contributed by atoms with Crippen LogP contribution in [0.2, 0.25) is 0 Å². The van der Waals surface area contributed by atoms with Crippen LogP contribution in [-0.4, -0.2) is 16.4 Å². The summed E-state index contributed by atoms with van der Waals surface area (Å²) in [6, 6.07) is 10.2. The number of fused-ring (bicyclic) bond motifs is 1. The molecule has 4 N–H and O–H groups in total. The molecule has 0 aliphatic heterocycles. The number of nitrogens with zero attached hydrogens (tertiary/aromatic N) is 1. The number of aryl methyl sites for hydroxylation is 1. The van der Waals surface area contributed by atoms with E-state index in [2.05, 4.69) is 11.4 Å². The molecule has 0 bridgehead atoms. The van der Waals surface area contributed by atoms with Gasteiger partial charge in [-0.25, -0.2) is 0 Å². The van der Waals surface area contributed by atoms with Crippen molar-refractivity contribution in [3.05, 3.63) is 36.0 Å². The van der Waals surface area contributed by atoms with Crippen LogP contribution in [0.1, 0.15) is 10.5 Å². The summed E-state index contributed by atoms with van der Waals surface area (Å²) in [7, 11) is 1.78. The van der Waals surface area contributed by atoms with E-state index in [0.717, 1.165) is 10.9 Å². The van der Waals surface area contributed by atoms with E-state index in [4.69, 9.17) is 11.1 Å². The van der Waals surface area contributed by atoms with Gasteiger partial charge < -0.3 is 10.3 Å². The van der Waals surface area contributed by atoms with Gasteiger partial charge in [0.2, 0.25) is 0 Å². The quantitative estimate of drug-likeness (QED) is 0.481. The van der Waals surface area contributed by atoms with Crippen molar-refractivity contribution >= 4 is 22.8 Å². The lowest BCUT2D eigenvalue weighted by molar-refractivity contribution is 0.0969. The van der Waals surface area contributed by atoms with Crippen LogP contribution in [0.15, 0.2) is 24.3 Å². The summed E-state index contributed by atoms with van der Waals surface area (Å²) in [5.41, 5.74) is 6.49. The normalized spacial score (nSPS) is 10.3. The zero-order valence-electron chi connectivity index (χ0n) is 8.74. The number of carbonyl (C=O) groups excluding carboxylic acids is 1. The van der Waals surface area contributed by atoms with Gasteiger partial charge in [0.1, 0.15) is 5.69 Å². The monoisotopic (exact) mass is 215 g/mol. The third-order valence-corrected chi connectivity index (χ3v) is 2.37. The number of carbonyl (C=O) groups is 1. The minimum Gasteiger partial charge on any atom is -0.370 e. The number of rotatable bonds is 1. The maximum absolute atomic E-state index is 11.7. The first kappa shape index (κ1) is 10.2. The van der Waals surface area contributed by atoms with Crippen molar-refractivity contribution in [1.82, 2.24) is 9.88 Å². The van der Waals surface area contributed by atoms with E-state index >= 15 is 0 Å². The van der Waals surface area contributed by atoms with E-state index in [0.29, 0.717) is 5.69 Å². The maximum Gasteiger partial charge on any atom is 0.274 e. The summed E-state index contributed by atoms with van der Waals surface area (Å²) in [5.74, 6) is -0.743. The molecular formula is C11H11N4O. The molecule has 0 aliphatic rings. The van der Waals surface area contributed by atoms with Gasteiger partial charge in [-0.05, 0) is 18.2 Å². The smallest absolute Gasteiger partial charge is 0.274 e. The second-order valence-electron chi connectivity index (χ2n) is 3.44. The van der Waals surface area contributed by atoms with Gasteiger partial charge in [-0.2, -0.15) is 0 Å². The van der Waals surface area contributed by atoms with Gasteiger partial charge in [0.15, 0.2) is 5.96 Å². The number of aromatic nitrogens is 1. The standard InChI is InChI=1S/C11H11N4O/c1-15-8-5-3-2-4-7(8)6-9(15)10(16)14-11(12)13/h2,4-6H,1H3,(H4,12,13,14,16). The highest BCUT2D eigenvalue weighted by atomic mass is 16.2. The molecule has 0 atom stereocenters. The van der Waals surface area contributed by atoms with Crippen molar-refractivity contribution in [3.8, 4) is 0 Å². The van der Waals surface area contributed by atoms with Gasteiger partial charge in [-0.15, -0.1) is 0 Å². The minimum atomic E-state index is -0.383. The molecule has 1 aromatic heterocycles. The van der Waals surface area contributed by atoms with E-state index in [-0.39, 0.29) is 11.9 Å². The summed E-state index contributed by atoms with van der Waals surface area (Å²) in [6.45, 7) is 0. The highest BCUT2D eigenvalue weighted by Crippen LogP contribution is 2.17. The number of benzene rings is 1. The molecule has 0 saturated heterocycles. The number of hydrogen-bond acceptors (Lipinski definition) is 2. The number of hydrogen-bond donors (Lipinski definition) is 3. The zero-order chi connectivity index (χ0) is 11.7. The molecule has 2 rings (SSSR count). The van der Waals surface area contributed by atoms with Crippen LogP contribution in [0.4, 0.5) is 0 Å². The van der Waals surface area contributed by atoms with Crippen LogP contribution in [-0.2, 0) is 7.05 Å². The topological polar surface area (TPSA) is 83.9 Å². The van der Waals surface area contributed by atoms with Crippen molar-refractivity contribution in [2.45, 2.75) is 0 Å². The van der Waals surface area contributed by atoms with Crippen LogP contribution < -0.4 is 11.1 Å². The summed E-state index contributed by atoms with van der Waals surface area (Å²) >= 11 is 0. The minimum absolute atomic E-state index is 0.359. The fourth-order valence-corrected chi connectivity index (χ4v) is 1.62. The van der Waals surface area contributed by atoms with E-state index in [1.165, 1.54) is 0 Å². The Bertz CT molecular complexity index is 570. The van der Waals surface area contributed by atoms with E-state index < -0.39 is 0 Å². The Morgan fingerprint density at radius 3 is 3.00 bits per heavy atom. The summed E-state index contributed by atoms with van der Waals surface area (Å²) in [4.78, 5) is 11.7. The van der Waals surface area contributed by atoms with Crippen LogP contribution in [0, 0.1) is 11.5 Å². The predicted molar refractivity (Wildman–Crippen MR) is 61.1 cm³/mol. The molecule has 16 heavy (non-hydrogen) atoms. The van der Waals surface area contributed by atoms with Gasteiger partial charge >= 0.3 is 0 Å². The molecular weight excluding hydrogens is 204 g/mol. The van der Waals surface area contributed by atoms with Crippen LogP contribution >= 0.6 is 0 Å². The van der Waals surface area contributed by atoms with Crippen LogP contribution in [0.3, 0.4) is 0 Å². The first-order valence-electron chi connectivity index (χ1n) is 4.70. The molecule has 1 heterocycles. The van der Waals surface area contributed by atoms with Crippen molar-refractivity contribution in [2.75, 3.05) is 0 Å². The average Bonchev–Trinajstić information content (AvgIpc) is 2.56. The first-order chi connectivity index (χ1) is 7.59. The Morgan fingerprint density at radius 1 is 1.62 bits per heavy atom. The Morgan fingerprint density at radius 2 is 2.38 bits per heavy atom. The maximum atomic E-state index is 11.7. The lowest BCUT2D eigenvalue weighted by Crippen LogP contribution is -2.36. The van der Waals surface area contributed by atoms with Gasteiger partial charge in [-0.1, -0.05) is 12.1 Å². The molecule has 81 valence electrons. The van der Waals surface area contributed by atoms with Crippen LogP contribution in [0.5, 0.6) is 0 Å². The van der Waals surface area contributed by atoms with Gasteiger partial charge in [0.25, 0.3) is 5.91 Å². The Kier molecular flexibility index (Phi) is 2.36. The summed E-state index contributed by atoms with van der Waals surface area (Å²) in [6.07, 6.45) is 0. The third-order valence-electron chi connectivity index (χ3n) is 2.37. The number of amides is 1. The van der Waals surface area contributed by atoms with E-state index in [1.807, 2.05) is 6.07 Å². The van der Waals surface area contributed by atoms with Gasteiger partial charge in [-0.3, -0.25) is 15.5 Å². The fourth-order valence-electron chi connectivity index (χ4n) is 1.62. The molecule has 5 nitrogen and oxygen atoms in total. The number of nitrogens with one attached hydrogen (secondary N) is 2. The summed E-state index contributed by atoms with van der Waals surface area (Å²) < 4.78 is 1.74. The second kappa shape index (κ2) is 3.69. The third kappa shape index (κ3) is 1.63. The van der Waals surface area contributed by atoms with Gasteiger partial charge in [0, 0.05) is 18.0 Å². The molecule has 1 amide bonds. The molecule has 5 heteroatoms. The van der Waals surface area contributed by atoms with Crippen molar-refractivity contribution in [3.63, 3.8) is 0 Å².